The number of fused-ring (bicyclic) bond motifs is 1. The van der Waals surface area contributed by atoms with Crippen LogP contribution in [0.2, 0.25) is 0 Å². The Morgan fingerprint density at radius 3 is 2.62 bits per heavy atom. The highest BCUT2D eigenvalue weighted by Gasteiger charge is 2.41. The number of ether oxygens (including phenoxy) is 3. The minimum Gasteiger partial charge on any atom is -0.497 e. The van der Waals surface area contributed by atoms with Crippen molar-refractivity contribution in [1.82, 2.24) is 4.90 Å². The zero-order valence-corrected chi connectivity index (χ0v) is 18.5. The molecule has 1 saturated heterocycles. The third kappa shape index (κ3) is 3.99. The summed E-state index contributed by atoms with van der Waals surface area (Å²) in [6.07, 6.45) is 2.53. The van der Waals surface area contributed by atoms with Gasteiger partial charge < -0.3 is 24.0 Å². The number of carbonyl (C=O) groups is 2. The summed E-state index contributed by atoms with van der Waals surface area (Å²) in [5.74, 6) is 2.31. The lowest BCUT2D eigenvalue weighted by atomic mass is 10.0. The normalized spacial score (nSPS) is 20.4. The fourth-order valence-corrected chi connectivity index (χ4v) is 4.59. The molecule has 168 valence electrons. The van der Waals surface area contributed by atoms with Gasteiger partial charge in [0.15, 0.2) is 11.5 Å². The second kappa shape index (κ2) is 8.37. The first-order chi connectivity index (χ1) is 15.5. The summed E-state index contributed by atoms with van der Waals surface area (Å²) in [6.45, 7) is 3.24. The lowest BCUT2D eigenvalue weighted by Gasteiger charge is -2.32. The monoisotopic (exact) mass is 436 g/mol. The van der Waals surface area contributed by atoms with E-state index in [1.54, 1.807) is 12.0 Å². The van der Waals surface area contributed by atoms with Gasteiger partial charge in [0.05, 0.1) is 13.0 Å². The molecule has 0 N–H and O–H groups in total. The van der Waals surface area contributed by atoms with Gasteiger partial charge >= 0.3 is 0 Å². The first-order valence-corrected chi connectivity index (χ1v) is 11.2. The van der Waals surface area contributed by atoms with Crippen LogP contribution in [0.1, 0.15) is 31.7 Å². The summed E-state index contributed by atoms with van der Waals surface area (Å²) < 4.78 is 16.1. The number of amides is 2. The van der Waals surface area contributed by atoms with Gasteiger partial charge in [-0.05, 0) is 55.5 Å². The molecule has 3 aliphatic rings. The minimum absolute atomic E-state index is 0.0364. The van der Waals surface area contributed by atoms with Crippen molar-refractivity contribution in [3.63, 3.8) is 0 Å². The molecule has 1 saturated carbocycles. The summed E-state index contributed by atoms with van der Waals surface area (Å²) in [6, 6.07) is 13.5. The molecule has 0 aromatic heterocycles. The molecule has 2 heterocycles. The largest absolute Gasteiger partial charge is 0.497 e. The number of carbonyl (C=O) groups excluding carboxylic acids is 2. The van der Waals surface area contributed by atoms with Crippen LogP contribution in [0.15, 0.2) is 42.5 Å². The second-order valence-corrected chi connectivity index (χ2v) is 8.84. The molecule has 0 spiro atoms. The molecule has 2 unspecified atom stereocenters. The van der Waals surface area contributed by atoms with Crippen LogP contribution in [0.3, 0.4) is 0 Å². The van der Waals surface area contributed by atoms with Crippen molar-refractivity contribution in [3.8, 4) is 17.2 Å². The summed E-state index contributed by atoms with van der Waals surface area (Å²) >= 11 is 0. The first kappa shape index (κ1) is 20.7. The molecular weight excluding hydrogens is 408 g/mol. The molecule has 7 heteroatoms. The van der Waals surface area contributed by atoms with Crippen LogP contribution >= 0.6 is 0 Å². The van der Waals surface area contributed by atoms with Gasteiger partial charge in [-0.25, -0.2) is 0 Å². The zero-order valence-electron chi connectivity index (χ0n) is 18.5. The summed E-state index contributed by atoms with van der Waals surface area (Å²) in [5.41, 5.74) is 1.80. The smallest absolute Gasteiger partial charge is 0.231 e. The maximum atomic E-state index is 13.6. The SMILES string of the molecule is COc1ccc(CN(C(=O)C2CC(=O)N(c3ccc4c(c3)OCO4)C2)C(C)C2CC2)cc1. The van der Waals surface area contributed by atoms with Gasteiger partial charge in [-0.1, -0.05) is 12.1 Å². The van der Waals surface area contributed by atoms with Crippen LogP contribution in [0.4, 0.5) is 5.69 Å². The van der Waals surface area contributed by atoms with Crippen LogP contribution < -0.4 is 19.1 Å². The zero-order chi connectivity index (χ0) is 22.2. The molecular formula is C25H28N2O5. The molecule has 2 fully saturated rings. The van der Waals surface area contributed by atoms with Crippen molar-refractivity contribution in [1.29, 1.82) is 0 Å². The number of nitrogens with zero attached hydrogens (tertiary/aromatic N) is 2. The number of hydrogen-bond acceptors (Lipinski definition) is 5. The van der Waals surface area contributed by atoms with E-state index in [-0.39, 0.29) is 37.0 Å². The average molecular weight is 437 g/mol. The molecule has 5 rings (SSSR count). The third-order valence-corrected chi connectivity index (χ3v) is 6.73. The van der Waals surface area contributed by atoms with Gasteiger partial charge in [0.2, 0.25) is 18.6 Å². The van der Waals surface area contributed by atoms with Crippen LogP contribution in [-0.2, 0) is 16.1 Å². The Balaban J connectivity index is 1.33. The van der Waals surface area contributed by atoms with Crippen molar-refractivity contribution in [3.05, 3.63) is 48.0 Å². The van der Waals surface area contributed by atoms with Crippen LogP contribution in [0.5, 0.6) is 17.2 Å². The van der Waals surface area contributed by atoms with E-state index >= 15 is 0 Å². The maximum absolute atomic E-state index is 13.6. The first-order valence-electron chi connectivity index (χ1n) is 11.2. The molecule has 1 aliphatic carbocycles. The Kier molecular flexibility index (Phi) is 5.41. The van der Waals surface area contributed by atoms with Crippen LogP contribution in [0.25, 0.3) is 0 Å². The van der Waals surface area contributed by atoms with Crippen molar-refractivity contribution >= 4 is 17.5 Å². The summed E-state index contributed by atoms with van der Waals surface area (Å²) in [4.78, 5) is 30.1. The van der Waals surface area contributed by atoms with Gasteiger partial charge in [0, 0.05) is 37.3 Å². The number of rotatable bonds is 7. The van der Waals surface area contributed by atoms with Crippen LogP contribution in [-0.4, -0.2) is 43.2 Å². The predicted octanol–water partition coefficient (Wildman–Crippen LogP) is 3.60. The number of hydrogen-bond donors (Lipinski definition) is 0. The Morgan fingerprint density at radius 2 is 1.91 bits per heavy atom. The molecule has 2 aromatic carbocycles. The predicted molar refractivity (Wildman–Crippen MR) is 119 cm³/mol. The fourth-order valence-electron chi connectivity index (χ4n) is 4.59. The molecule has 2 aromatic rings. The van der Waals surface area contributed by atoms with Gasteiger partial charge in [-0.3, -0.25) is 9.59 Å². The lowest BCUT2D eigenvalue weighted by Crippen LogP contribution is -2.43. The Labute approximate surface area is 187 Å². The molecule has 32 heavy (non-hydrogen) atoms. The molecule has 0 radical (unpaired) electrons. The van der Waals surface area contributed by atoms with Gasteiger partial charge in [0.25, 0.3) is 0 Å². The van der Waals surface area contributed by atoms with E-state index in [1.165, 1.54) is 0 Å². The van der Waals surface area contributed by atoms with Crippen molar-refractivity contribution in [2.45, 2.75) is 38.8 Å². The van der Waals surface area contributed by atoms with Crippen LogP contribution in [0, 0.1) is 11.8 Å². The van der Waals surface area contributed by atoms with E-state index in [9.17, 15) is 9.59 Å². The quantitative estimate of drug-likeness (QED) is 0.663. The molecule has 2 atom stereocenters. The van der Waals surface area contributed by atoms with E-state index < -0.39 is 0 Å². The fraction of sp³-hybridized carbons (Fsp3) is 0.440. The highest BCUT2D eigenvalue weighted by molar-refractivity contribution is 6.00. The van der Waals surface area contributed by atoms with Crippen molar-refractivity contribution < 1.29 is 23.8 Å². The van der Waals surface area contributed by atoms with Gasteiger partial charge in [0.1, 0.15) is 5.75 Å². The molecule has 2 amide bonds. The summed E-state index contributed by atoms with van der Waals surface area (Å²) in [5, 5.41) is 0. The lowest BCUT2D eigenvalue weighted by molar-refractivity contribution is -0.139. The molecule has 2 aliphatic heterocycles. The minimum atomic E-state index is -0.354. The van der Waals surface area contributed by atoms with E-state index in [1.807, 2.05) is 47.4 Å². The van der Waals surface area contributed by atoms with Crippen molar-refractivity contribution in [2.75, 3.05) is 25.3 Å². The number of methoxy groups -OCH3 is 1. The Bertz CT molecular complexity index is 1020. The van der Waals surface area contributed by atoms with Gasteiger partial charge in [-0.15, -0.1) is 0 Å². The summed E-state index contributed by atoms with van der Waals surface area (Å²) in [7, 11) is 1.64. The van der Waals surface area contributed by atoms with E-state index in [2.05, 4.69) is 6.92 Å². The average Bonchev–Trinajstić information content (AvgIpc) is 3.44. The standard InChI is InChI=1S/C25H28N2O5/c1-16(18-5-6-18)26(13-17-3-8-21(30-2)9-4-17)25(29)19-11-24(28)27(14-19)20-7-10-22-23(12-20)32-15-31-22/h3-4,7-10,12,16,18-19H,5-6,11,13-15H2,1-2H3. The van der Waals surface area contributed by atoms with E-state index in [0.717, 1.165) is 29.8 Å². The highest BCUT2D eigenvalue weighted by Crippen LogP contribution is 2.39. The molecule has 0 bridgehead atoms. The Hall–Kier alpha value is -3.22. The second-order valence-electron chi connectivity index (χ2n) is 8.84. The maximum Gasteiger partial charge on any atom is 0.231 e. The number of anilines is 1. The number of benzene rings is 2. The molecule has 7 nitrogen and oxygen atoms in total. The van der Waals surface area contributed by atoms with E-state index in [4.69, 9.17) is 14.2 Å². The van der Waals surface area contributed by atoms with E-state index in [0.29, 0.717) is 30.5 Å². The topological polar surface area (TPSA) is 68.3 Å². The van der Waals surface area contributed by atoms with Crippen molar-refractivity contribution in [2.24, 2.45) is 11.8 Å². The highest BCUT2D eigenvalue weighted by atomic mass is 16.7. The van der Waals surface area contributed by atoms with Gasteiger partial charge in [-0.2, -0.15) is 0 Å². The Morgan fingerprint density at radius 1 is 1.16 bits per heavy atom. The third-order valence-electron chi connectivity index (χ3n) is 6.73.